The molecule has 3 aromatic rings. The van der Waals surface area contributed by atoms with E-state index in [1.807, 2.05) is 35.2 Å². The molecule has 1 spiro atoms. The predicted molar refractivity (Wildman–Crippen MR) is 123 cm³/mol. The molecule has 1 amide bonds. The Hall–Kier alpha value is -3.38. The van der Waals surface area contributed by atoms with Crippen LogP contribution in [0.2, 0.25) is 0 Å². The number of hydrogen-bond acceptors (Lipinski definition) is 8. The predicted octanol–water partition coefficient (Wildman–Crippen LogP) is 1.59. The smallest absolute Gasteiger partial charge is 0.277 e. The van der Waals surface area contributed by atoms with E-state index in [1.165, 1.54) is 17.9 Å². The molecule has 1 saturated carbocycles. The van der Waals surface area contributed by atoms with Crippen molar-refractivity contribution in [2.24, 2.45) is 0 Å². The number of anilines is 1. The second kappa shape index (κ2) is 8.76. The maximum absolute atomic E-state index is 13.0. The molecule has 3 N–H and O–H groups in total. The number of sulfonamides is 1. The number of rotatable bonds is 6. The molecular formula is C23H23N5O5S. The molecule has 34 heavy (non-hydrogen) atoms. The lowest BCUT2D eigenvalue weighted by atomic mass is 10.1. The molecule has 2 unspecified atom stereocenters. The molecule has 0 radical (unpaired) electrons. The van der Waals surface area contributed by atoms with Crippen LogP contribution in [-0.4, -0.2) is 60.8 Å². The molecule has 5 rings (SSSR count). The molecular weight excluding hydrogens is 458 g/mol. The standard InChI is InChI=1S/C23H23N5O5S/c29-21(26-30)18-13-24-22(25-14-18)28-10-11-33-23(15-28)12-20(23)27-34(31,32)19-8-6-17(7-9-19)16-4-2-1-3-5-16/h1-9,13-14,20,27,30H,10-12,15H2,(H,26,29). The van der Waals surface area contributed by atoms with E-state index in [4.69, 9.17) is 9.94 Å². The number of carbonyl (C=O) groups is 1. The van der Waals surface area contributed by atoms with Crippen molar-refractivity contribution in [2.45, 2.75) is 23.0 Å². The van der Waals surface area contributed by atoms with Crippen LogP contribution in [0.1, 0.15) is 16.8 Å². The van der Waals surface area contributed by atoms with Crippen molar-refractivity contribution in [3.8, 4) is 11.1 Å². The van der Waals surface area contributed by atoms with E-state index in [0.717, 1.165) is 11.1 Å². The lowest BCUT2D eigenvalue weighted by Crippen LogP contribution is -2.48. The fourth-order valence-corrected chi connectivity index (χ4v) is 5.43. The molecule has 0 bridgehead atoms. The van der Waals surface area contributed by atoms with Crippen LogP contribution in [0.4, 0.5) is 5.95 Å². The Balaban J connectivity index is 1.25. The van der Waals surface area contributed by atoms with Gasteiger partial charge in [-0.25, -0.2) is 28.6 Å². The van der Waals surface area contributed by atoms with Gasteiger partial charge in [0, 0.05) is 18.9 Å². The third kappa shape index (κ3) is 4.38. The minimum Gasteiger partial charge on any atom is -0.370 e. The summed E-state index contributed by atoms with van der Waals surface area (Å²) in [5.74, 6) is -0.291. The topological polar surface area (TPSA) is 134 Å². The SMILES string of the molecule is O=C(NO)c1cnc(N2CCOC3(CC3NS(=O)(=O)c3ccc(-c4ccccc4)cc3)C2)nc1. The first-order valence-electron chi connectivity index (χ1n) is 10.7. The van der Waals surface area contributed by atoms with E-state index in [-0.39, 0.29) is 16.5 Å². The molecule has 2 aliphatic rings. The van der Waals surface area contributed by atoms with Crippen molar-refractivity contribution in [1.29, 1.82) is 0 Å². The highest BCUT2D eigenvalue weighted by Gasteiger charge is 2.59. The van der Waals surface area contributed by atoms with Gasteiger partial charge in [0.1, 0.15) is 5.60 Å². The van der Waals surface area contributed by atoms with E-state index in [1.54, 1.807) is 24.3 Å². The summed E-state index contributed by atoms with van der Waals surface area (Å²) >= 11 is 0. The zero-order valence-electron chi connectivity index (χ0n) is 18.1. The number of hydrogen-bond donors (Lipinski definition) is 3. The van der Waals surface area contributed by atoms with Crippen molar-refractivity contribution < 1.29 is 23.2 Å². The number of nitrogens with zero attached hydrogens (tertiary/aromatic N) is 3. The molecule has 2 fully saturated rings. The summed E-state index contributed by atoms with van der Waals surface area (Å²) in [4.78, 5) is 21.9. The summed E-state index contributed by atoms with van der Waals surface area (Å²) in [5, 5.41) is 8.72. The number of carbonyl (C=O) groups excluding carboxylic acids is 1. The van der Waals surface area contributed by atoms with Crippen molar-refractivity contribution >= 4 is 21.9 Å². The van der Waals surface area contributed by atoms with Crippen molar-refractivity contribution in [1.82, 2.24) is 20.2 Å². The average Bonchev–Trinajstić information content (AvgIpc) is 3.52. The number of morpholine rings is 1. The average molecular weight is 482 g/mol. The van der Waals surface area contributed by atoms with Crippen molar-refractivity contribution in [2.75, 3.05) is 24.6 Å². The molecule has 2 atom stereocenters. The largest absolute Gasteiger partial charge is 0.370 e. The molecule has 1 aliphatic carbocycles. The molecule has 2 aromatic carbocycles. The molecule has 2 heterocycles. The molecule has 1 saturated heterocycles. The Bertz CT molecular complexity index is 1290. The minimum atomic E-state index is -3.72. The molecule has 1 aromatic heterocycles. The number of aromatic nitrogens is 2. The van der Waals surface area contributed by atoms with E-state index in [0.29, 0.717) is 32.1 Å². The highest BCUT2D eigenvalue weighted by atomic mass is 32.2. The van der Waals surface area contributed by atoms with Gasteiger partial charge < -0.3 is 9.64 Å². The van der Waals surface area contributed by atoms with Gasteiger partial charge in [0.2, 0.25) is 16.0 Å². The number of hydroxylamine groups is 1. The van der Waals surface area contributed by atoms with Crippen LogP contribution >= 0.6 is 0 Å². The van der Waals surface area contributed by atoms with Crippen LogP contribution in [-0.2, 0) is 14.8 Å². The summed E-state index contributed by atoms with van der Waals surface area (Å²) in [6.07, 6.45) is 3.18. The second-order valence-corrected chi connectivity index (χ2v) is 10.0. The van der Waals surface area contributed by atoms with Crippen molar-refractivity contribution in [3.05, 3.63) is 72.6 Å². The monoisotopic (exact) mass is 481 g/mol. The summed E-state index contributed by atoms with van der Waals surface area (Å²) < 4.78 is 34.7. The van der Waals surface area contributed by atoms with Gasteiger partial charge in [-0.2, -0.15) is 0 Å². The zero-order valence-corrected chi connectivity index (χ0v) is 18.9. The van der Waals surface area contributed by atoms with Crippen LogP contribution in [0.25, 0.3) is 11.1 Å². The maximum Gasteiger partial charge on any atom is 0.277 e. The van der Waals surface area contributed by atoms with Gasteiger partial charge in [-0.05, 0) is 29.7 Å². The van der Waals surface area contributed by atoms with Crippen LogP contribution in [0.15, 0.2) is 71.9 Å². The Morgan fingerprint density at radius 1 is 1.06 bits per heavy atom. The normalized spacial score (nSPS) is 21.9. The fourth-order valence-electron chi connectivity index (χ4n) is 4.13. The fraction of sp³-hybridized carbons (Fsp3) is 0.261. The van der Waals surface area contributed by atoms with Crippen LogP contribution in [0, 0.1) is 0 Å². The van der Waals surface area contributed by atoms with E-state index in [9.17, 15) is 13.2 Å². The Morgan fingerprint density at radius 3 is 2.41 bits per heavy atom. The Kier molecular flexibility index (Phi) is 5.78. The quantitative estimate of drug-likeness (QED) is 0.357. The van der Waals surface area contributed by atoms with Gasteiger partial charge in [0.15, 0.2) is 0 Å². The zero-order chi connectivity index (χ0) is 23.8. The van der Waals surface area contributed by atoms with E-state index < -0.39 is 21.5 Å². The van der Waals surface area contributed by atoms with Gasteiger partial charge in [-0.3, -0.25) is 10.0 Å². The Labute approximate surface area is 196 Å². The highest BCUT2D eigenvalue weighted by molar-refractivity contribution is 7.89. The first-order valence-corrected chi connectivity index (χ1v) is 12.2. The van der Waals surface area contributed by atoms with Gasteiger partial charge >= 0.3 is 0 Å². The van der Waals surface area contributed by atoms with Crippen molar-refractivity contribution in [3.63, 3.8) is 0 Å². The molecule has 1 aliphatic heterocycles. The summed E-state index contributed by atoms with van der Waals surface area (Å²) in [6.45, 7) is 1.35. The maximum atomic E-state index is 13.0. The second-order valence-electron chi connectivity index (χ2n) is 8.32. The molecule has 176 valence electrons. The first-order chi connectivity index (χ1) is 16.4. The summed E-state index contributed by atoms with van der Waals surface area (Å²) in [5.41, 5.74) is 2.97. The minimum absolute atomic E-state index is 0.129. The van der Waals surface area contributed by atoms with E-state index >= 15 is 0 Å². The number of ether oxygens (including phenoxy) is 1. The number of nitrogens with one attached hydrogen (secondary N) is 2. The van der Waals surface area contributed by atoms with Gasteiger partial charge in [0.25, 0.3) is 5.91 Å². The van der Waals surface area contributed by atoms with Gasteiger partial charge in [0.05, 0.1) is 29.7 Å². The van der Waals surface area contributed by atoms with Crippen LogP contribution < -0.4 is 15.1 Å². The highest BCUT2D eigenvalue weighted by Crippen LogP contribution is 2.44. The van der Waals surface area contributed by atoms with Gasteiger partial charge in [-0.15, -0.1) is 0 Å². The Morgan fingerprint density at radius 2 is 1.74 bits per heavy atom. The third-order valence-corrected chi connectivity index (χ3v) is 7.58. The third-order valence-electron chi connectivity index (χ3n) is 6.09. The number of amides is 1. The van der Waals surface area contributed by atoms with E-state index in [2.05, 4.69) is 14.7 Å². The molecule has 10 nitrogen and oxygen atoms in total. The summed E-state index contributed by atoms with van der Waals surface area (Å²) in [7, 11) is -3.72. The summed E-state index contributed by atoms with van der Waals surface area (Å²) in [6, 6.07) is 16.2. The van der Waals surface area contributed by atoms with Crippen LogP contribution in [0.5, 0.6) is 0 Å². The van der Waals surface area contributed by atoms with Gasteiger partial charge in [-0.1, -0.05) is 42.5 Å². The lowest BCUT2D eigenvalue weighted by molar-refractivity contribution is 0.0147. The first kappa shape index (κ1) is 22.4. The molecule has 11 heteroatoms. The van der Waals surface area contributed by atoms with Crippen LogP contribution in [0.3, 0.4) is 0 Å². The number of benzene rings is 2. The lowest BCUT2D eigenvalue weighted by Gasteiger charge is -2.34.